The number of nitrogens with one attached hydrogen (secondary N) is 2. The number of ether oxygens (including phenoxy) is 2. The topological polar surface area (TPSA) is 111 Å². The molecule has 0 aliphatic heterocycles. The highest BCUT2D eigenvalue weighted by Crippen LogP contribution is 1.86. The van der Waals surface area contributed by atoms with Crippen molar-refractivity contribution in [3.63, 3.8) is 0 Å². The lowest BCUT2D eigenvalue weighted by Crippen LogP contribution is -2.37. The average Bonchev–Trinajstić information content (AvgIpc) is 2.35. The van der Waals surface area contributed by atoms with Gasteiger partial charge in [-0.2, -0.15) is 0 Å². The van der Waals surface area contributed by atoms with Gasteiger partial charge in [0.05, 0.1) is 14.2 Å². The van der Waals surface area contributed by atoms with Crippen LogP contribution in [0.15, 0.2) is 12.3 Å². The molecular formula is C14H28N2O6. The fraction of sp³-hybridized carbons (Fsp3) is 0.571. The van der Waals surface area contributed by atoms with E-state index in [0.717, 1.165) is 0 Å². The van der Waals surface area contributed by atoms with E-state index in [4.69, 9.17) is 0 Å². The Morgan fingerprint density at radius 2 is 1.41 bits per heavy atom. The third-order valence-corrected chi connectivity index (χ3v) is 1.73. The van der Waals surface area contributed by atoms with Crippen molar-refractivity contribution >= 4 is 23.8 Å². The van der Waals surface area contributed by atoms with Crippen LogP contribution in [0.5, 0.6) is 0 Å². The Balaban J connectivity index is -0.000000135. The van der Waals surface area contributed by atoms with Gasteiger partial charge in [-0.15, -0.1) is 0 Å². The smallest absolute Gasteiger partial charge is 0.353 e. The zero-order chi connectivity index (χ0) is 16.3. The molecule has 8 nitrogen and oxygen atoms in total. The Morgan fingerprint density at radius 3 is 1.68 bits per heavy atom. The van der Waals surface area contributed by atoms with E-state index >= 15 is 0 Å². The van der Waals surface area contributed by atoms with Gasteiger partial charge in [-0.05, 0) is 6.92 Å². The first-order valence-corrected chi connectivity index (χ1v) is 5.55. The maximum Gasteiger partial charge on any atom is 0.353 e. The van der Waals surface area contributed by atoms with E-state index in [2.05, 4.69) is 26.7 Å². The first-order valence-electron chi connectivity index (χ1n) is 5.55. The van der Waals surface area contributed by atoms with Crippen LogP contribution in [0.4, 0.5) is 0 Å². The fourth-order valence-corrected chi connectivity index (χ4v) is 0.927. The summed E-state index contributed by atoms with van der Waals surface area (Å²) in [6, 6.07) is -0.553. The minimum absolute atomic E-state index is 0. The molecule has 2 amide bonds. The molecule has 1 unspecified atom stereocenters. The molecule has 0 radical (unpaired) electrons. The number of carbonyl (C=O) groups excluding carboxylic acids is 4. The molecular weight excluding hydrogens is 292 g/mol. The van der Waals surface area contributed by atoms with Crippen molar-refractivity contribution in [2.24, 2.45) is 0 Å². The minimum Gasteiger partial charge on any atom is -0.467 e. The van der Waals surface area contributed by atoms with Crippen LogP contribution in [0.25, 0.3) is 0 Å². The van der Waals surface area contributed by atoms with E-state index in [0.29, 0.717) is 0 Å². The maximum absolute atomic E-state index is 10.6. The van der Waals surface area contributed by atoms with Gasteiger partial charge in [0.1, 0.15) is 11.7 Å². The molecule has 0 aliphatic rings. The van der Waals surface area contributed by atoms with Gasteiger partial charge in [-0.25, -0.2) is 9.59 Å². The molecule has 0 heterocycles. The van der Waals surface area contributed by atoms with Crippen LogP contribution < -0.4 is 10.6 Å². The Labute approximate surface area is 132 Å². The highest BCUT2D eigenvalue weighted by molar-refractivity contribution is 5.92. The predicted molar refractivity (Wildman–Crippen MR) is 83.7 cm³/mol. The van der Waals surface area contributed by atoms with Crippen molar-refractivity contribution in [2.45, 2.75) is 41.7 Å². The SMILES string of the molecule is C.C.C=C(NC(C)=O)C(=O)OC.COC(=O)C(C)NC(C)=O. The van der Waals surface area contributed by atoms with Crippen molar-refractivity contribution in [1.29, 1.82) is 0 Å². The van der Waals surface area contributed by atoms with Gasteiger partial charge < -0.3 is 20.1 Å². The van der Waals surface area contributed by atoms with E-state index in [1.165, 1.54) is 28.1 Å². The molecule has 22 heavy (non-hydrogen) atoms. The number of carbonyl (C=O) groups is 4. The zero-order valence-corrected chi connectivity index (χ0v) is 12.2. The third-order valence-electron chi connectivity index (χ3n) is 1.73. The minimum atomic E-state index is -0.629. The Morgan fingerprint density at radius 1 is 0.955 bits per heavy atom. The van der Waals surface area contributed by atoms with Gasteiger partial charge in [0.25, 0.3) is 0 Å². The molecule has 0 saturated carbocycles. The van der Waals surface area contributed by atoms with E-state index in [9.17, 15) is 19.2 Å². The number of hydrogen-bond donors (Lipinski definition) is 2. The lowest BCUT2D eigenvalue weighted by Gasteiger charge is -2.08. The molecule has 0 saturated heterocycles. The summed E-state index contributed by atoms with van der Waals surface area (Å²) in [6.45, 7) is 7.45. The molecule has 0 rings (SSSR count). The van der Waals surface area contributed by atoms with Crippen LogP contribution in [0.2, 0.25) is 0 Å². The second-order valence-corrected chi connectivity index (χ2v) is 3.60. The Hall–Kier alpha value is -2.38. The standard InChI is InChI=1S/C6H11NO3.C6H9NO3.2CH4/c2*1-4(6(9)10-3)7-5(2)8;;/h4H,1-3H3,(H,7,8);1H2,2-3H3,(H,7,8);2*1H4. The van der Waals surface area contributed by atoms with Gasteiger partial charge in [-0.3, -0.25) is 9.59 Å². The summed E-state index contributed by atoms with van der Waals surface area (Å²) >= 11 is 0. The molecule has 0 aromatic heterocycles. The summed E-state index contributed by atoms with van der Waals surface area (Å²) in [5.74, 6) is -1.64. The van der Waals surface area contributed by atoms with Gasteiger partial charge >= 0.3 is 11.9 Å². The van der Waals surface area contributed by atoms with Crippen LogP contribution in [-0.4, -0.2) is 44.0 Å². The number of rotatable bonds is 4. The van der Waals surface area contributed by atoms with Crippen LogP contribution in [-0.2, 0) is 28.7 Å². The van der Waals surface area contributed by atoms with Gasteiger partial charge in [0.2, 0.25) is 11.8 Å². The van der Waals surface area contributed by atoms with E-state index in [1.807, 2.05) is 0 Å². The molecule has 0 aromatic carbocycles. The van der Waals surface area contributed by atoms with Gasteiger partial charge in [0.15, 0.2) is 0 Å². The van der Waals surface area contributed by atoms with Crippen LogP contribution in [0.3, 0.4) is 0 Å². The lowest BCUT2D eigenvalue weighted by atomic mass is 10.3. The predicted octanol–water partition coefficient (Wildman–Crippen LogP) is 0.765. The van der Waals surface area contributed by atoms with Crippen molar-refractivity contribution in [2.75, 3.05) is 14.2 Å². The summed E-state index contributed by atoms with van der Waals surface area (Å²) in [5, 5.41) is 4.57. The number of methoxy groups -OCH3 is 2. The Kier molecular flexibility index (Phi) is 19.0. The molecule has 130 valence electrons. The Bertz CT molecular complexity index is 393. The highest BCUT2D eigenvalue weighted by atomic mass is 16.5. The van der Waals surface area contributed by atoms with E-state index in [1.54, 1.807) is 6.92 Å². The molecule has 0 fully saturated rings. The molecule has 0 bridgehead atoms. The van der Waals surface area contributed by atoms with Crippen molar-refractivity contribution < 1.29 is 28.7 Å². The van der Waals surface area contributed by atoms with E-state index in [-0.39, 0.29) is 32.4 Å². The molecule has 0 aliphatic carbocycles. The highest BCUT2D eigenvalue weighted by Gasteiger charge is 2.12. The van der Waals surface area contributed by atoms with Crippen LogP contribution >= 0.6 is 0 Å². The van der Waals surface area contributed by atoms with Crippen molar-refractivity contribution in [3.8, 4) is 0 Å². The van der Waals surface area contributed by atoms with Gasteiger partial charge in [0, 0.05) is 13.8 Å². The molecule has 0 spiro atoms. The second-order valence-electron chi connectivity index (χ2n) is 3.60. The summed E-state index contributed by atoms with van der Waals surface area (Å²) < 4.78 is 8.62. The molecule has 1 atom stereocenters. The number of amides is 2. The zero-order valence-electron chi connectivity index (χ0n) is 12.2. The number of hydrogen-bond acceptors (Lipinski definition) is 6. The first kappa shape index (κ1) is 27.9. The summed E-state index contributed by atoms with van der Waals surface area (Å²) in [5.41, 5.74) is -0.0463. The summed E-state index contributed by atoms with van der Waals surface area (Å²) in [4.78, 5) is 41.8. The molecule has 0 aromatic rings. The lowest BCUT2D eigenvalue weighted by molar-refractivity contribution is -0.144. The average molecular weight is 320 g/mol. The fourth-order valence-electron chi connectivity index (χ4n) is 0.927. The summed E-state index contributed by atoms with van der Waals surface area (Å²) in [6.07, 6.45) is 0. The van der Waals surface area contributed by atoms with E-state index < -0.39 is 18.0 Å². The second kappa shape index (κ2) is 15.0. The maximum atomic E-state index is 10.6. The summed E-state index contributed by atoms with van der Waals surface area (Å²) in [7, 11) is 2.50. The quantitative estimate of drug-likeness (QED) is 0.584. The monoisotopic (exact) mass is 320 g/mol. The number of esters is 2. The third kappa shape index (κ3) is 15.7. The van der Waals surface area contributed by atoms with Crippen molar-refractivity contribution in [3.05, 3.63) is 12.3 Å². The van der Waals surface area contributed by atoms with Crippen LogP contribution in [0, 0.1) is 0 Å². The van der Waals surface area contributed by atoms with Crippen LogP contribution in [0.1, 0.15) is 35.6 Å². The first-order chi connectivity index (χ1) is 9.15. The normalized spacial score (nSPS) is 9.14. The molecule has 2 N–H and O–H groups in total. The van der Waals surface area contributed by atoms with Crippen molar-refractivity contribution in [1.82, 2.24) is 10.6 Å². The van der Waals surface area contributed by atoms with Gasteiger partial charge in [-0.1, -0.05) is 21.4 Å². The largest absolute Gasteiger partial charge is 0.467 e. The molecule has 8 heteroatoms.